The molecule has 0 aromatic carbocycles. The van der Waals surface area contributed by atoms with Crippen molar-refractivity contribution in [3.63, 3.8) is 0 Å². The smallest absolute Gasteiger partial charge is 0.0897 e. The quantitative estimate of drug-likeness (QED) is 0.535. The van der Waals surface area contributed by atoms with Crippen molar-refractivity contribution in [2.75, 3.05) is 26.3 Å². The van der Waals surface area contributed by atoms with E-state index in [1.54, 1.807) is 0 Å². The van der Waals surface area contributed by atoms with Gasteiger partial charge in [-0.05, 0) is 43.4 Å². The van der Waals surface area contributed by atoms with Crippen molar-refractivity contribution in [2.45, 2.75) is 64.4 Å². The zero-order valence-corrected chi connectivity index (χ0v) is 12.5. The maximum Gasteiger partial charge on any atom is 0.0897 e. The number of nitrogens with one attached hydrogen (secondary N) is 1. The molecule has 0 aliphatic heterocycles. The summed E-state index contributed by atoms with van der Waals surface area (Å²) in [6.45, 7) is 5.28. The van der Waals surface area contributed by atoms with E-state index in [1.807, 2.05) is 0 Å². The third-order valence-corrected chi connectivity index (χ3v) is 4.65. The molecule has 0 aromatic heterocycles. The molecule has 3 nitrogen and oxygen atoms in total. The van der Waals surface area contributed by atoms with E-state index in [1.165, 1.54) is 44.9 Å². The third kappa shape index (κ3) is 5.41. The highest BCUT2D eigenvalue weighted by molar-refractivity contribution is 5.05. The fourth-order valence-corrected chi connectivity index (χ4v) is 2.98. The maximum atomic E-state index is 9.84. The van der Waals surface area contributed by atoms with Gasteiger partial charge in [0.15, 0.2) is 0 Å². The van der Waals surface area contributed by atoms with Crippen molar-refractivity contribution in [1.82, 2.24) is 5.32 Å². The first kappa shape index (κ1) is 15.3. The molecule has 1 unspecified atom stereocenters. The minimum atomic E-state index is -0.346. The average Bonchev–Trinajstić information content (AvgIpc) is 3.26. The van der Waals surface area contributed by atoms with Gasteiger partial charge in [0.2, 0.25) is 0 Å². The Bertz CT molecular complexity index is 249. The van der Waals surface area contributed by atoms with Crippen molar-refractivity contribution in [1.29, 1.82) is 0 Å². The summed E-state index contributed by atoms with van der Waals surface area (Å²) in [5, 5.41) is 13.3. The summed E-state index contributed by atoms with van der Waals surface area (Å²) < 4.78 is 5.51. The van der Waals surface area contributed by atoms with Gasteiger partial charge in [-0.3, -0.25) is 0 Å². The Balaban J connectivity index is 1.40. The van der Waals surface area contributed by atoms with Crippen LogP contribution in [0.15, 0.2) is 0 Å². The number of hydrogen-bond donors (Lipinski definition) is 2. The predicted molar refractivity (Wildman–Crippen MR) is 78.2 cm³/mol. The van der Waals surface area contributed by atoms with Gasteiger partial charge in [0, 0.05) is 19.7 Å². The summed E-state index contributed by atoms with van der Waals surface area (Å²) >= 11 is 0. The molecule has 112 valence electrons. The molecule has 2 rings (SSSR count). The number of hydrogen-bond acceptors (Lipinski definition) is 3. The zero-order chi connectivity index (χ0) is 13.6. The topological polar surface area (TPSA) is 41.5 Å². The Hall–Kier alpha value is -0.120. The molecular formula is C16H31NO2. The Morgan fingerprint density at radius 1 is 1.26 bits per heavy atom. The van der Waals surface area contributed by atoms with Crippen molar-refractivity contribution in [3.05, 3.63) is 0 Å². The van der Waals surface area contributed by atoms with E-state index >= 15 is 0 Å². The molecule has 0 aromatic rings. The normalized spacial score (nSPS) is 22.4. The number of aliphatic hydroxyl groups is 1. The van der Waals surface area contributed by atoms with Crippen LogP contribution in [0.1, 0.15) is 58.3 Å². The Kier molecular flexibility index (Phi) is 6.11. The number of aliphatic hydroxyl groups excluding tert-OH is 1. The standard InChI is InChI=1S/C16H31NO2/c1-2-3-4-5-10-19-12-15(18)11-17-13-16(8-9-16)14-6-7-14/h14-15,17-18H,2-13H2,1H3. The second-order valence-electron chi connectivity index (χ2n) is 6.56. The minimum absolute atomic E-state index is 0.346. The van der Waals surface area contributed by atoms with Crippen LogP contribution in [0.2, 0.25) is 0 Å². The zero-order valence-electron chi connectivity index (χ0n) is 12.5. The van der Waals surface area contributed by atoms with E-state index in [4.69, 9.17) is 4.74 Å². The van der Waals surface area contributed by atoms with Crippen molar-refractivity contribution in [3.8, 4) is 0 Å². The summed E-state index contributed by atoms with van der Waals surface area (Å²) in [5.74, 6) is 0.993. The van der Waals surface area contributed by atoms with E-state index < -0.39 is 0 Å². The molecule has 0 heterocycles. The SMILES string of the molecule is CCCCCCOCC(O)CNCC1(C2CC2)CC1. The highest BCUT2D eigenvalue weighted by atomic mass is 16.5. The van der Waals surface area contributed by atoms with E-state index in [0.29, 0.717) is 18.6 Å². The number of ether oxygens (including phenoxy) is 1. The molecule has 0 radical (unpaired) electrons. The molecule has 1 atom stereocenters. The lowest BCUT2D eigenvalue weighted by molar-refractivity contribution is 0.0348. The Morgan fingerprint density at radius 2 is 2.05 bits per heavy atom. The molecule has 2 saturated carbocycles. The van der Waals surface area contributed by atoms with Crippen LogP contribution in [0.5, 0.6) is 0 Å². The first-order valence-electron chi connectivity index (χ1n) is 8.23. The molecule has 2 aliphatic carbocycles. The molecule has 19 heavy (non-hydrogen) atoms. The average molecular weight is 269 g/mol. The maximum absolute atomic E-state index is 9.84. The first-order chi connectivity index (χ1) is 9.27. The largest absolute Gasteiger partial charge is 0.389 e. The van der Waals surface area contributed by atoms with Crippen molar-refractivity contribution >= 4 is 0 Å². The van der Waals surface area contributed by atoms with Gasteiger partial charge in [0.05, 0.1) is 12.7 Å². The lowest BCUT2D eigenvalue weighted by Gasteiger charge is -2.17. The molecule has 0 spiro atoms. The fraction of sp³-hybridized carbons (Fsp3) is 1.00. The highest BCUT2D eigenvalue weighted by Crippen LogP contribution is 2.60. The van der Waals surface area contributed by atoms with E-state index in [-0.39, 0.29) is 6.10 Å². The first-order valence-corrected chi connectivity index (χ1v) is 8.23. The summed E-state index contributed by atoms with van der Waals surface area (Å²) in [4.78, 5) is 0. The summed E-state index contributed by atoms with van der Waals surface area (Å²) in [6.07, 6.45) is 10.2. The van der Waals surface area contributed by atoms with Crippen LogP contribution >= 0.6 is 0 Å². The molecule has 2 N–H and O–H groups in total. The summed E-state index contributed by atoms with van der Waals surface area (Å²) in [5.41, 5.74) is 0.626. The second-order valence-corrected chi connectivity index (χ2v) is 6.56. The fourth-order valence-electron chi connectivity index (χ4n) is 2.98. The lowest BCUT2D eigenvalue weighted by atomic mass is 10.0. The van der Waals surface area contributed by atoms with Gasteiger partial charge < -0.3 is 15.2 Å². The number of unbranched alkanes of at least 4 members (excludes halogenated alkanes) is 3. The molecule has 0 bridgehead atoms. The monoisotopic (exact) mass is 269 g/mol. The molecule has 3 heteroatoms. The van der Waals surface area contributed by atoms with Crippen molar-refractivity contribution in [2.24, 2.45) is 11.3 Å². The minimum Gasteiger partial charge on any atom is -0.389 e. The van der Waals surface area contributed by atoms with Gasteiger partial charge in [-0.2, -0.15) is 0 Å². The van der Waals surface area contributed by atoms with Gasteiger partial charge in [-0.1, -0.05) is 26.2 Å². The van der Waals surface area contributed by atoms with Crippen molar-refractivity contribution < 1.29 is 9.84 Å². The van der Waals surface area contributed by atoms with E-state index in [2.05, 4.69) is 12.2 Å². The lowest BCUT2D eigenvalue weighted by Crippen LogP contribution is -2.34. The molecule has 0 saturated heterocycles. The second kappa shape index (κ2) is 7.61. The van der Waals surface area contributed by atoms with Crippen LogP contribution < -0.4 is 5.32 Å². The molecule has 2 aliphatic rings. The number of rotatable bonds is 12. The van der Waals surface area contributed by atoms with Gasteiger partial charge >= 0.3 is 0 Å². The van der Waals surface area contributed by atoms with Crippen LogP contribution in [0.3, 0.4) is 0 Å². The molecule has 2 fully saturated rings. The third-order valence-electron chi connectivity index (χ3n) is 4.65. The van der Waals surface area contributed by atoms with Crippen LogP contribution in [0, 0.1) is 11.3 Å². The van der Waals surface area contributed by atoms with Crippen LogP contribution in [-0.2, 0) is 4.74 Å². The summed E-state index contributed by atoms with van der Waals surface area (Å²) in [7, 11) is 0. The molecular weight excluding hydrogens is 238 g/mol. The van der Waals surface area contributed by atoms with Gasteiger partial charge in [0.25, 0.3) is 0 Å². The van der Waals surface area contributed by atoms with Gasteiger partial charge in [-0.25, -0.2) is 0 Å². The van der Waals surface area contributed by atoms with E-state index in [9.17, 15) is 5.11 Å². The van der Waals surface area contributed by atoms with Crippen LogP contribution in [0.4, 0.5) is 0 Å². The van der Waals surface area contributed by atoms with Crippen LogP contribution in [0.25, 0.3) is 0 Å². The predicted octanol–water partition coefficient (Wildman–Crippen LogP) is 2.72. The summed E-state index contributed by atoms with van der Waals surface area (Å²) in [6, 6.07) is 0. The Labute approximate surface area is 118 Å². The molecule has 0 amide bonds. The highest BCUT2D eigenvalue weighted by Gasteiger charge is 2.53. The van der Waals surface area contributed by atoms with E-state index in [0.717, 1.165) is 25.5 Å². The van der Waals surface area contributed by atoms with Gasteiger partial charge in [-0.15, -0.1) is 0 Å². The van der Waals surface area contributed by atoms with Gasteiger partial charge in [0.1, 0.15) is 0 Å². The van der Waals surface area contributed by atoms with Crippen LogP contribution in [-0.4, -0.2) is 37.5 Å². The Morgan fingerprint density at radius 3 is 2.68 bits per heavy atom.